The van der Waals surface area contributed by atoms with Crippen LogP contribution in [0.15, 0.2) is 30.3 Å². The number of aromatic nitrogens is 2. The van der Waals surface area contributed by atoms with Gasteiger partial charge in [0.15, 0.2) is 23.1 Å². The van der Waals surface area contributed by atoms with E-state index in [1.54, 1.807) is 26.4 Å². The summed E-state index contributed by atoms with van der Waals surface area (Å²) in [4.78, 5) is 12.3. The lowest BCUT2D eigenvalue weighted by molar-refractivity contribution is -0.120. The number of ether oxygens (including phenoxy) is 2. The molecule has 7 heteroatoms. The Balaban J connectivity index is 1.61. The van der Waals surface area contributed by atoms with Crippen molar-refractivity contribution in [2.75, 3.05) is 24.9 Å². The van der Waals surface area contributed by atoms with Gasteiger partial charge in [0.05, 0.1) is 14.2 Å². The molecule has 3 rings (SSSR count). The van der Waals surface area contributed by atoms with Gasteiger partial charge in [-0.3, -0.25) is 4.79 Å². The van der Waals surface area contributed by atoms with E-state index in [4.69, 9.17) is 9.47 Å². The minimum atomic E-state index is 0.0413. The molecule has 1 aromatic carbocycles. The van der Waals surface area contributed by atoms with Crippen LogP contribution in [0.25, 0.3) is 0 Å². The first kappa shape index (κ1) is 18.0. The maximum Gasteiger partial charge on any atom is 0.228 e. The fourth-order valence-electron chi connectivity index (χ4n) is 3.12. The van der Waals surface area contributed by atoms with E-state index < -0.39 is 0 Å². The predicted molar refractivity (Wildman–Crippen MR) is 100 cm³/mol. The highest BCUT2D eigenvalue weighted by Gasteiger charge is 2.21. The molecule has 0 atom stereocenters. The molecule has 2 aromatic rings. The normalized spacial score (nSPS) is 14.5. The molecule has 7 nitrogen and oxygen atoms in total. The molecule has 138 valence electrons. The number of anilines is 3. The SMILES string of the molecule is COc1ccc(Nc2ccc(NC(=O)C3CCCCC3)nn2)cc1OC. The molecular weight excluding hydrogens is 332 g/mol. The lowest BCUT2D eigenvalue weighted by atomic mass is 9.89. The van der Waals surface area contributed by atoms with E-state index in [-0.39, 0.29) is 11.8 Å². The summed E-state index contributed by atoms with van der Waals surface area (Å²) in [7, 11) is 3.18. The number of nitrogens with zero attached hydrogens (tertiary/aromatic N) is 2. The molecule has 1 amide bonds. The molecule has 0 radical (unpaired) electrons. The molecule has 1 heterocycles. The second kappa shape index (κ2) is 8.51. The summed E-state index contributed by atoms with van der Waals surface area (Å²) < 4.78 is 10.5. The molecule has 0 saturated heterocycles. The number of nitrogens with one attached hydrogen (secondary N) is 2. The maximum atomic E-state index is 12.3. The van der Waals surface area contributed by atoms with Gasteiger partial charge in [0.25, 0.3) is 0 Å². The quantitative estimate of drug-likeness (QED) is 0.820. The van der Waals surface area contributed by atoms with E-state index in [0.29, 0.717) is 23.1 Å². The first-order valence-corrected chi connectivity index (χ1v) is 8.83. The fourth-order valence-corrected chi connectivity index (χ4v) is 3.12. The molecule has 0 bridgehead atoms. The summed E-state index contributed by atoms with van der Waals surface area (Å²) in [6.07, 6.45) is 5.38. The van der Waals surface area contributed by atoms with E-state index in [2.05, 4.69) is 20.8 Å². The van der Waals surface area contributed by atoms with Gasteiger partial charge < -0.3 is 20.1 Å². The Hall–Kier alpha value is -2.83. The van der Waals surface area contributed by atoms with Crippen molar-refractivity contribution in [3.05, 3.63) is 30.3 Å². The zero-order valence-electron chi connectivity index (χ0n) is 15.1. The summed E-state index contributed by atoms with van der Waals surface area (Å²) in [6, 6.07) is 9.02. The number of methoxy groups -OCH3 is 2. The Morgan fingerprint density at radius 1 is 0.962 bits per heavy atom. The van der Waals surface area contributed by atoms with Crippen molar-refractivity contribution in [3.8, 4) is 11.5 Å². The summed E-state index contributed by atoms with van der Waals surface area (Å²) in [6.45, 7) is 0. The van der Waals surface area contributed by atoms with Crippen LogP contribution in [0.2, 0.25) is 0 Å². The summed E-state index contributed by atoms with van der Waals surface area (Å²) in [5, 5.41) is 14.2. The van der Waals surface area contributed by atoms with Gasteiger partial charge >= 0.3 is 0 Å². The fraction of sp³-hybridized carbons (Fsp3) is 0.421. The van der Waals surface area contributed by atoms with Crippen molar-refractivity contribution in [2.24, 2.45) is 5.92 Å². The van der Waals surface area contributed by atoms with Crippen LogP contribution in [0.4, 0.5) is 17.3 Å². The maximum absolute atomic E-state index is 12.3. The predicted octanol–water partition coefficient (Wildman–Crippen LogP) is 3.76. The molecule has 1 aromatic heterocycles. The van der Waals surface area contributed by atoms with Crippen molar-refractivity contribution < 1.29 is 14.3 Å². The molecular formula is C19H24N4O3. The Morgan fingerprint density at radius 3 is 2.31 bits per heavy atom. The van der Waals surface area contributed by atoms with Crippen LogP contribution in [0.3, 0.4) is 0 Å². The first-order valence-electron chi connectivity index (χ1n) is 8.83. The third kappa shape index (κ3) is 4.41. The molecule has 0 aliphatic heterocycles. The van der Waals surface area contributed by atoms with Gasteiger partial charge in [-0.15, -0.1) is 10.2 Å². The average Bonchev–Trinajstić information content (AvgIpc) is 2.70. The van der Waals surface area contributed by atoms with Crippen LogP contribution >= 0.6 is 0 Å². The monoisotopic (exact) mass is 356 g/mol. The van der Waals surface area contributed by atoms with E-state index >= 15 is 0 Å². The molecule has 1 saturated carbocycles. The summed E-state index contributed by atoms with van der Waals surface area (Å²) >= 11 is 0. The van der Waals surface area contributed by atoms with Crippen molar-refractivity contribution in [2.45, 2.75) is 32.1 Å². The number of carbonyl (C=O) groups is 1. The third-order valence-corrected chi connectivity index (χ3v) is 4.55. The molecule has 1 aliphatic carbocycles. The lowest BCUT2D eigenvalue weighted by Gasteiger charge is -2.20. The van der Waals surface area contributed by atoms with Crippen LogP contribution < -0.4 is 20.1 Å². The highest BCUT2D eigenvalue weighted by atomic mass is 16.5. The zero-order chi connectivity index (χ0) is 18.4. The molecule has 0 unspecified atom stereocenters. The van der Waals surface area contributed by atoms with Gasteiger partial charge in [-0.05, 0) is 37.1 Å². The van der Waals surface area contributed by atoms with Crippen LogP contribution in [0.5, 0.6) is 11.5 Å². The lowest BCUT2D eigenvalue weighted by Crippen LogP contribution is -2.25. The van der Waals surface area contributed by atoms with Gasteiger partial charge in [0.2, 0.25) is 5.91 Å². The highest BCUT2D eigenvalue weighted by molar-refractivity contribution is 5.91. The van der Waals surface area contributed by atoms with Crippen LogP contribution in [-0.4, -0.2) is 30.3 Å². The second-order valence-corrected chi connectivity index (χ2v) is 6.32. The molecule has 0 spiro atoms. The topological polar surface area (TPSA) is 85.4 Å². The van der Waals surface area contributed by atoms with Crippen LogP contribution in [0, 0.1) is 5.92 Å². The van der Waals surface area contributed by atoms with Gasteiger partial charge in [-0.25, -0.2) is 0 Å². The Labute approximate surface area is 153 Å². The first-order chi connectivity index (χ1) is 12.7. The Morgan fingerprint density at radius 2 is 1.65 bits per heavy atom. The molecule has 2 N–H and O–H groups in total. The van der Waals surface area contributed by atoms with Crippen molar-refractivity contribution in [3.63, 3.8) is 0 Å². The van der Waals surface area contributed by atoms with Crippen molar-refractivity contribution >= 4 is 23.2 Å². The smallest absolute Gasteiger partial charge is 0.228 e. The van der Waals surface area contributed by atoms with Crippen LogP contribution in [0.1, 0.15) is 32.1 Å². The zero-order valence-corrected chi connectivity index (χ0v) is 15.1. The number of hydrogen-bond donors (Lipinski definition) is 2. The Bertz CT molecular complexity index is 743. The summed E-state index contributed by atoms with van der Waals surface area (Å²) in [5.74, 6) is 2.47. The average molecular weight is 356 g/mol. The number of amides is 1. The number of carbonyl (C=O) groups excluding carboxylic acids is 1. The number of rotatable bonds is 6. The van der Waals surface area contributed by atoms with Gasteiger partial charge in [0, 0.05) is 17.7 Å². The molecule has 1 aliphatic rings. The second-order valence-electron chi connectivity index (χ2n) is 6.32. The molecule has 1 fully saturated rings. The van der Waals surface area contributed by atoms with E-state index in [9.17, 15) is 4.79 Å². The molecule has 26 heavy (non-hydrogen) atoms. The van der Waals surface area contributed by atoms with Crippen molar-refractivity contribution in [1.82, 2.24) is 10.2 Å². The summed E-state index contributed by atoms with van der Waals surface area (Å²) in [5.41, 5.74) is 0.802. The van der Waals surface area contributed by atoms with Crippen molar-refractivity contribution in [1.29, 1.82) is 0 Å². The van der Waals surface area contributed by atoms with E-state index in [1.807, 2.05) is 18.2 Å². The largest absolute Gasteiger partial charge is 0.493 e. The van der Waals surface area contributed by atoms with E-state index in [0.717, 1.165) is 31.4 Å². The highest BCUT2D eigenvalue weighted by Crippen LogP contribution is 2.31. The Kier molecular flexibility index (Phi) is 5.88. The standard InChI is InChI=1S/C19H24N4O3/c1-25-15-9-8-14(12-16(15)26-2)20-17-10-11-18(23-22-17)21-19(24)13-6-4-3-5-7-13/h8-13H,3-7H2,1-2H3,(H,20,22)(H,21,23,24). The van der Waals surface area contributed by atoms with Gasteiger partial charge in [0.1, 0.15) is 0 Å². The number of hydrogen-bond acceptors (Lipinski definition) is 6. The van der Waals surface area contributed by atoms with E-state index in [1.165, 1.54) is 6.42 Å². The van der Waals surface area contributed by atoms with Crippen LogP contribution in [-0.2, 0) is 4.79 Å². The number of benzene rings is 1. The minimum Gasteiger partial charge on any atom is -0.493 e. The minimum absolute atomic E-state index is 0.0413. The third-order valence-electron chi connectivity index (χ3n) is 4.55. The van der Waals surface area contributed by atoms with Gasteiger partial charge in [-0.1, -0.05) is 19.3 Å². The van der Waals surface area contributed by atoms with Gasteiger partial charge in [-0.2, -0.15) is 0 Å².